The largest absolute Gasteiger partial charge is 0.497 e. The van der Waals surface area contributed by atoms with Gasteiger partial charge in [0.15, 0.2) is 19.0 Å². The summed E-state index contributed by atoms with van der Waals surface area (Å²) in [6.07, 6.45) is 0. The number of carbonyl (C=O) groups excluding carboxylic acids is 2. The molecule has 1 atom stereocenters. The number of nitro benzene ring substituents is 1. The van der Waals surface area contributed by atoms with E-state index in [1.165, 1.54) is 38.5 Å². The minimum atomic E-state index is -0.838. The fourth-order valence-electron chi connectivity index (χ4n) is 2.59. The summed E-state index contributed by atoms with van der Waals surface area (Å²) in [6.45, 7) is 0.641. The van der Waals surface area contributed by atoms with Crippen molar-refractivity contribution in [1.82, 2.24) is 5.32 Å². The first kappa shape index (κ1) is 22.5. The van der Waals surface area contributed by atoms with E-state index in [2.05, 4.69) is 5.32 Å². The summed E-state index contributed by atoms with van der Waals surface area (Å²) in [5, 5.41) is 13.6. The molecule has 0 aliphatic carbocycles. The van der Waals surface area contributed by atoms with E-state index in [1.54, 1.807) is 25.1 Å². The zero-order chi connectivity index (χ0) is 22.1. The van der Waals surface area contributed by atoms with Crippen LogP contribution < -0.4 is 19.5 Å². The Morgan fingerprint density at radius 2 is 1.80 bits per heavy atom. The van der Waals surface area contributed by atoms with Crippen molar-refractivity contribution in [3.63, 3.8) is 0 Å². The van der Waals surface area contributed by atoms with Gasteiger partial charge in [-0.05, 0) is 31.2 Å². The second-order valence-electron chi connectivity index (χ2n) is 6.07. The van der Waals surface area contributed by atoms with E-state index in [9.17, 15) is 19.7 Å². The predicted octanol–water partition coefficient (Wildman–Crippen LogP) is 2.41. The molecule has 0 saturated carbocycles. The molecule has 0 saturated heterocycles. The van der Waals surface area contributed by atoms with Crippen LogP contribution in [0.4, 0.5) is 5.69 Å². The van der Waals surface area contributed by atoms with Crippen molar-refractivity contribution in [1.29, 1.82) is 0 Å². The fraction of sp³-hybridized carbons (Fsp3) is 0.300. The third-order valence-corrected chi connectivity index (χ3v) is 4.05. The van der Waals surface area contributed by atoms with Crippen LogP contribution in [0.2, 0.25) is 0 Å². The van der Waals surface area contributed by atoms with Crippen molar-refractivity contribution in [3.8, 4) is 17.2 Å². The summed E-state index contributed by atoms with van der Waals surface area (Å²) in [4.78, 5) is 34.2. The van der Waals surface area contributed by atoms with Crippen LogP contribution >= 0.6 is 0 Å². The fourth-order valence-corrected chi connectivity index (χ4v) is 2.59. The monoisotopic (exact) mass is 418 g/mol. The molecule has 30 heavy (non-hydrogen) atoms. The molecule has 2 aromatic rings. The summed E-state index contributed by atoms with van der Waals surface area (Å²) in [6, 6.07) is 10.4. The van der Waals surface area contributed by atoms with Crippen molar-refractivity contribution in [2.24, 2.45) is 0 Å². The van der Waals surface area contributed by atoms with Gasteiger partial charge in [-0.3, -0.25) is 14.9 Å². The number of carbonyl (C=O) groups is 2. The Hall–Kier alpha value is -3.82. The molecule has 160 valence electrons. The van der Waals surface area contributed by atoms with Crippen molar-refractivity contribution < 1.29 is 33.5 Å². The topological polar surface area (TPSA) is 126 Å². The smallest absolute Gasteiger partial charge is 0.344 e. The van der Waals surface area contributed by atoms with Crippen LogP contribution in [0.25, 0.3) is 0 Å². The molecule has 10 heteroatoms. The Morgan fingerprint density at radius 3 is 2.47 bits per heavy atom. The second kappa shape index (κ2) is 10.6. The van der Waals surface area contributed by atoms with Crippen molar-refractivity contribution in [2.45, 2.75) is 13.0 Å². The molecule has 2 rings (SSSR count). The minimum absolute atomic E-state index is 0.0670. The molecule has 0 radical (unpaired) electrons. The number of ether oxygens (including phenoxy) is 4. The highest BCUT2D eigenvalue weighted by atomic mass is 16.6. The van der Waals surface area contributed by atoms with Gasteiger partial charge in [-0.2, -0.15) is 0 Å². The average molecular weight is 418 g/mol. The van der Waals surface area contributed by atoms with Crippen molar-refractivity contribution in [3.05, 3.63) is 58.1 Å². The number of nitro groups is 1. The summed E-state index contributed by atoms with van der Waals surface area (Å²) in [5.41, 5.74) is 0.417. The van der Waals surface area contributed by atoms with Crippen LogP contribution in [0.1, 0.15) is 18.5 Å². The highest BCUT2D eigenvalue weighted by Crippen LogP contribution is 2.29. The lowest BCUT2D eigenvalue weighted by molar-refractivity contribution is -0.385. The molecule has 0 aromatic heterocycles. The van der Waals surface area contributed by atoms with E-state index in [1.807, 2.05) is 0 Å². The lowest BCUT2D eigenvalue weighted by atomic mass is 10.1. The first-order valence-corrected chi connectivity index (χ1v) is 8.88. The maximum Gasteiger partial charge on any atom is 0.344 e. The van der Waals surface area contributed by atoms with E-state index in [4.69, 9.17) is 18.9 Å². The standard InChI is InChI=1S/C20H22N2O8/c1-13(15-10-14(27-2)8-9-17(15)28-3)21-19(23)11-30-20(24)12-29-18-7-5-4-6-16(18)22(25)26/h4-10,13H,11-12H2,1-3H3,(H,21,23). The van der Waals surface area contributed by atoms with Crippen molar-refractivity contribution in [2.75, 3.05) is 27.4 Å². The highest BCUT2D eigenvalue weighted by Gasteiger charge is 2.18. The number of amides is 1. The quantitative estimate of drug-likeness (QED) is 0.354. The summed E-state index contributed by atoms with van der Waals surface area (Å²) in [5.74, 6) is -0.270. The Labute approximate surface area is 172 Å². The number of hydrogen-bond donors (Lipinski definition) is 1. The number of hydrogen-bond acceptors (Lipinski definition) is 8. The summed E-state index contributed by atoms with van der Waals surface area (Å²) in [7, 11) is 3.04. The predicted molar refractivity (Wildman–Crippen MR) is 106 cm³/mol. The van der Waals surface area contributed by atoms with Crippen LogP contribution in [-0.4, -0.2) is 44.2 Å². The normalized spacial score (nSPS) is 11.2. The van der Waals surface area contributed by atoms with E-state index < -0.39 is 36.1 Å². The van der Waals surface area contributed by atoms with Crippen LogP contribution in [0.15, 0.2) is 42.5 Å². The number of methoxy groups -OCH3 is 2. The average Bonchev–Trinajstić information content (AvgIpc) is 2.75. The lowest BCUT2D eigenvalue weighted by Gasteiger charge is -2.18. The second-order valence-corrected chi connectivity index (χ2v) is 6.07. The molecular weight excluding hydrogens is 396 g/mol. The molecule has 10 nitrogen and oxygen atoms in total. The molecule has 0 aliphatic heterocycles. The molecule has 1 unspecified atom stereocenters. The number of nitrogens with one attached hydrogen (secondary N) is 1. The van der Waals surface area contributed by atoms with Gasteiger partial charge in [0.2, 0.25) is 0 Å². The molecule has 0 spiro atoms. The van der Waals surface area contributed by atoms with Gasteiger partial charge in [-0.25, -0.2) is 4.79 Å². The minimum Gasteiger partial charge on any atom is -0.497 e. The molecule has 0 fully saturated rings. The third kappa shape index (κ3) is 6.09. The van der Waals surface area contributed by atoms with Gasteiger partial charge in [0.25, 0.3) is 5.91 Å². The molecule has 0 aliphatic rings. The van der Waals surface area contributed by atoms with E-state index in [0.29, 0.717) is 17.1 Å². The lowest BCUT2D eigenvalue weighted by Crippen LogP contribution is -2.32. The maximum absolute atomic E-state index is 12.1. The Bertz CT molecular complexity index is 915. The van der Waals surface area contributed by atoms with Crippen LogP contribution in [0, 0.1) is 10.1 Å². The summed E-state index contributed by atoms with van der Waals surface area (Å²) < 4.78 is 20.5. The Kier molecular flexibility index (Phi) is 7.98. The number of benzene rings is 2. The van der Waals surface area contributed by atoms with Crippen LogP contribution in [0.3, 0.4) is 0 Å². The van der Waals surface area contributed by atoms with E-state index in [-0.39, 0.29) is 11.4 Å². The first-order chi connectivity index (χ1) is 14.3. The summed E-state index contributed by atoms with van der Waals surface area (Å²) >= 11 is 0. The molecule has 2 aromatic carbocycles. The molecule has 0 bridgehead atoms. The number of rotatable bonds is 10. The van der Waals surface area contributed by atoms with Crippen LogP contribution in [-0.2, 0) is 14.3 Å². The zero-order valence-corrected chi connectivity index (χ0v) is 16.7. The van der Waals surface area contributed by atoms with Gasteiger partial charge in [0, 0.05) is 11.6 Å². The maximum atomic E-state index is 12.1. The molecule has 1 amide bonds. The number of para-hydroxylation sites is 2. The van der Waals surface area contributed by atoms with E-state index >= 15 is 0 Å². The molecular formula is C20H22N2O8. The highest BCUT2D eigenvalue weighted by molar-refractivity contribution is 5.81. The van der Waals surface area contributed by atoms with E-state index in [0.717, 1.165) is 0 Å². The number of esters is 1. The molecule has 1 N–H and O–H groups in total. The van der Waals surface area contributed by atoms with Gasteiger partial charge >= 0.3 is 11.7 Å². The Balaban J connectivity index is 1.86. The number of nitrogens with zero attached hydrogens (tertiary/aromatic N) is 1. The van der Waals surface area contributed by atoms with Gasteiger partial charge in [-0.15, -0.1) is 0 Å². The SMILES string of the molecule is COc1ccc(OC)c(C(C)NC(=O)COC(=O)COc2ccccc2[N+](=O)[O-])c1. The van der Waals surface area contributed by atoms with Crippen molar-refractivity contribution >= 4 is 17.6 Å². The zero-order valence-electron chi connectivity index (χ0n) is 16.7. The third-order valence-electron chi connectivity index (χ3n) is 4.05. The van der Waals surface area contributed by atoms with Gasteiger partial charge in [0.05, 0.1) is 25.2 Å². The van der Waals surface area contributed by atoms with Gasteiger partial charge in [-0.1, -0.05) is 12.1 Å². The first-order valence-electron chi connectivity index (χ1n) is 8.88. The van der Waals surface area contributed by atoms with Crippen LogP contribution in [0.5, 0.6) is 17.2 Å². The van der Waals surface area contributed by atoms with Gasteiger partial charge < -0.3 is 24.3 Å². The molecule has 0 heterocycles. The van der Waals surface area contributed by atoms with Gasteiger partial charge in [0.1, 0.15) is 11.5 Å². The Morgan fingerprint density at radius 1 is 1.07 bits per heavy atom.